The monoisotopic (exact) mass is 285 g/mol. The normalized spacial score (nSPS) is 11.8. The number of hydrogen-bond acceptors (Lipinski definition) is 4. The summed E-state index contributed by atoms with van der Waals surface area (Å²) in [4.78, 5) is 20.3. The number of aromatic nitrogens is 2. The quantitative estimate of drug-likeness (QED) is 0.495. The molecule has 0 unspecified atom stereocenters. The molecule has 0 atom stereocenters. The lowest BCUT2D eigenvalue weighted by Crippen LogP contribution is -2.10. The van der Waals surface area contributed by atoms with Crippen LogP contribution in [0.2, 0.25) is 0 Å². The Morgan fingerprint density at radius 2 is 1.95 bits per heavy atom. The van der Waals surface area contributed by atoms with E-state index < -0.39 is 5.97 Å². The number of oxime groups is 1. The van der Waals surface area contributed by atoms with E-state index in [4.69, 9.17) is 4.84 Å². The highest BCUT2D eigenvalue weighted by Gasteiger charge is 2.12. The van der Waals surface area contributed by atoms with Crippen molar-refractivity contribution in [2.45, 2.75) is 26.2 Å². The van der Waals surface area contributed by atoms with Gasteiger partial charge in [-0.25, -0.2) is 9.78 Å². The fourth-order valence-corrected chi connectivity index (χ4v) is 1.77. The second-order valence-corrected chi connectivity index (χ2v) is 5.91. The van der Waals surface area contributed by atoms with E-state index >= 15 is 0 Å². The van der Waals surface area contributed by atoms with Crippen molar-refractivity contribution in [3.05, 3.63) is 53.6 Å². The first-order valence-electron chi connectivity index (χ1n) is 6.69. The zero-order chi connectivity index (χ0) is 15.5. The Bertz CT molecular complexity index is 649. The molecule has 110 valence electrons. The molecule has 0 saturated heterocycles. The van der Waals surface area contributed by atoms with Gasteiger partial charge in [0.2, 0.25) is 0 Å². The van der Waals surface area contributed by atoms with Crippen LogP contribution in [0.25, 0.3) is 0 Å². The van der Waals surface area contributed by atoms with E-state index in [0.29, 0.717) is 0 Å². The largest absolute Gasteiger partial charge is 0.385 e. The predicted molar refractivity (Wildman–Crippen MR) is 81.4 cm³/mol. The van der Waals surface area contributed by atoms with Gasteiger partial charge in [-0.15, -0.1) is 0 Å². The van der Waals surface area contributed by atoms with Crippen LogP contribution in [0, 0.1) is 0 Å². The molecule has 0 spiro atoms. The van der Waals surface area contributed by atoms with Gasteiger partial charge in [-0.3, -0.25) is 0 Å². The number of aryl methyl sites for hydroxylation is 1. The summed E-state index contributed by atoms with van der Waals surface area (Å²) in [5, 5.41) is 3.70. The lowest BCUT2D eigenvalue weighted by Gasteiger charge is -2.18. The maximum Gasteiger partial charge on any atom is 0.385 e. The van der Waals surface area contributed by atoms with Crippen molar-refractivity contribution in [1.82, 2.24) is 9.55 Å². The average Bonchev–Trinajstić information content (AvgIpc) is 2.85. The number of carbonyl (C=O) groups is 1. The van der Waals surface area contributed by atoms with Crippen molar-refractivity contribution in [2.24, 2.45) is 12.2 Å². The van der Waals surface area contributed by atoms with Crippen LogP contribution in [0.4, 0.5) is 0 Å². The molecule has 1 aromatic carbocycles. The van der Waals surface area contributed by atoms with E-state index in [1.807, 2.05) is 24.3 Å². The topological polar surface area (TPSA) is 56.5 Å². The highest BCUT2D eigenvalue weighted by Crippen LogP contribution is 2.21. The smallest absolute Gasteiger partial charge is 0.340 e. The van der Waals surface area contributed by atoms with Crippen LogP contribution in [-0.4, -0.2) is 21.7 Å². The summed E-state index contributed by atoms with van der Waals surface area (Å²) >= 11 is 0. The molecule has 0 aliphatic heterocycles. The van der Waals surface area contributed by atoms with Gasteiger partial charge < -0.3 is 9.40 Å². The predicted octanol–water partition coefficient (Wildman–Crippen LogP) is 2.91. The summed E-state index contributed by atoms with van der Waals surface area (Å²) in [6.45, 7) is 6.47. The van der Waals surface area contributed by atoms with E-state index in [9.17, 15) is 4.79 Å². The molecule has 5 nitrogen and oxygen atoms in total. The molecule has 21 heavy (non-hydrogen) atoms. The van der Waals surface area contributed by atoms with Gasteiger partial charge in [0, 0.05) is 13.2 Å². The molecule has 2 rings (SSSR count). The minimum atomic E-state index is -0.571. The lowest BCUT2D eigenvalue weighted by molar-refractivity contribution is 0.0513. The summed E-state index contributed by atoms with van der Waals surface area (Å²) < 4.78 is 1.67. The summed E-state index contributed by atoms with van der Waals surface area (Å²) in [5.74, 6) is -0.571. The summed E-state index contributed by atoms with van der Waals surface area (Å²) in [7, 11) is 1.78. The lowest BCUT2D eigenvalue weighted by atomic mass is 9.87. The Morgan fingerprint density at radius 3 is 2.48 bits per heavy atom. The Hall–Kier alpha value is -2.43. The minimum Gasteiger partial charge on any atom is -0.340 e. The first-order chi connectivity index (χ1) is 9.86. The highest BCUT2D eigenvalue weighted by molar-refractivity contribution is 5.87. The first kappa shape index (κ1) is 15.0. The Kier molecular flexibility index (Phi) is 4.21. The number of nitrogens with zero attached hydrogens (tertiary/aromatic N) is 3. The zero-order valence-corrected chi connectivity index (χ0v) is 12.7. The van der Waals surface area contributed by atoms with Gasteiger partial charge >= 0.3 is 5.97 Å². The molecule has 1 heterocycles. The van der Waals surface area contributed by atoms with Crippen LogP contribution in [-0.2, 0) is 17.3 Å². The molecule has 0 radical (unpaired) electrons. The second kappa shape index (κ2) is 5.91. The standard InChI is InChI=1S/C16H19N3O2/c1-16(2,3)13-7-5-12(6-8-13)9-18-21-15(20)14-10-19(4)11-17-14/h5-11H,1-4H3. The summed E-state index contributed by atoms with van der Waals surface area (Å²) in [5.41, 5.74) is 2.46. The van der Waals surface area contributed by atoms with Gasteiger partial charge in [0.1, 0.15) is 0 Å². The Balaban J connectivity index is 1.97. The first-order valence-corrected chi connectivity index (χ1v) is 6.69. The van der Waals surface area contributed by atoms with E-state index in [1.54, 1.807) is 17.8 Å². The van der Waals surface area contributed by atoms with E-state index in [2.05, 4.69) is 30.9 Å². The van der Waals surface area contributed by atoms with Crippen LogP contribution < -0.4 is 0 Å². The fraction of sp³-hybridized carbons (Fsp3) is 0.312. The van der Waals surface area contributed by atoms with Crippen molar-refractivity contribution in [2.75, 3.05) is 0 Å². The number of imidazole rings is 1. The molecule has 0 bridgehead atoms. The molecular weight excluding hydrogens is 266 g/mol. The van der Waals surface area contributed by atoms with Crippen LogP contribution in [0.1, 0.15) is 42.4 Å². The third kappa shape index (κ3) is 4.02. The van der Waals surface area contributed by atoms with Gasteiger partial charge in [0.05, 0.1) is 12.5 Å². The number of benzene rings is 1. The van der Waals surface area contributed by atoms with Crippen molar-refractivity contribution >= 4 is 12.2 Å². The van der Waals surface area contributed by atoms with Crippen molar-refractivity contribution in [1.29, 1.82) is 0 Å². The maximum absolute atomic E-state index is 11.6. The molecule has 0 aliphatic rings. The van der Waals surface area contributed by atoms with E-state index in [1.165, 1.54) is 18.1 Å². The Morgan fingerprint density at radius 1 is 1.29 bits per heavy atom. The van der Waals surface area contributed by atoms with Crippen LogP contribution >= 0.6 is 0 Å². The van der Waals surface area contributed by atoms with Crippen LogP contribution in [0.3, 0.4) is 0 Å². The van der Waals surface area contributed by atoms with Crippen LogP contribution in [0.5, 0.6) is 0 Å². The molecule has 0 aliphatic carbocycles. The zero-order valence-electron chi connectivity index (χ0n) is 12.7. The van der Waals surface area contributed by atoms with Crippen molar-refractivity contribution in [3.63, 3.8) is 0 Å². The van der Waals surface area contributed by atoms with E-state index in [0.717, 1.165) is 5.56 Å². The average molecular weight is 285 g/mol. The third-order valence-corrected chi connectivity index (χ3v) is 3.03. The summed E-state index contributed by atoms with van der Waals surface area (Å²) in [6, 6.07) is 7.97. The molecule has 5 heteroatoms. The van der Waals surface area contributed by atoms with Gasteiger partial charge in [-0.1, -0.05) is 50.2 Å². The number of rotatable bonds is 3. The van der Waals surface area contributed by atoms with Gasteiger partial charge in [0.25, 0.3) is 0 Å². The maximum atomic E-state index is 11.6. The van der Waals surface area contributed by atoms with Gasteiger partial charge in [-0.05, 0) is 16.5 Å². The van der Waals surface area contributed by atoms with Gasteiger partial charge in [0.15, 0.2) is 5.69 Å². The molecule has 0 N–H and O–H groups in total. The second-order valence-electron chi connectivity index (χ2n) is 5.91. The summed E-state index contributed by atoms with van der Waals surface area (Å²) in [6.07, 6.45) is 4.62. The molecular formula is C16H19N3O2. The number of carbonyl (C=O) groups excluding carboxylic acids is 1. The van der Waals surface area contributed by atoms with Gasteiger partial charge in [-0.2, -0.15) is 0 Å². The molecule has 0 fully saturated rings. The minimum absolute atomic E-state index is 0.112. The SMILES string of the molecule is Cn1cnc(C(=O)ON=Cc2ccc(C(C)(C)C)cc2)c1. The number of hydrogen-bond donors (Lipinski definition) is 0. The van der Waals surface area contributed by atoms with Crippen LogP contribution in [0.15, 0.2) is 41.9 Å². The molecule has 2 aromatic rings. The van der Waals surface area contributed by atoms with E-state index in [-0.39, 0.29) is 11.1 Å². The fourth-order valence-electron chi connectivity index (χ4n) is 1.77. The highest BCUT2D eigenvalue weighted by atomic mass is 16.7. The van der Waals surface area contributed by atoms with Crippen molar-refractivity contribution < 1.29 is 9.63 Å². The third-order valence-electron chi connectivity index (χ3n) is 3.03. The van der Waals surface area contributed by atoms with Crippen molar-refractivity contribution in [3.8, 4) is 0 Å². The molecule has 1 aromatic heterocycles. The molecule has 0 saturated carbocycles. The molecule has 0 amide bonds. The Labute approximate surface area is 124 Å².